The van der Waals surface area contributed by atoms with Crippen molar-refractivity contribution in [2.75, 3.05) is 6.54 Å². The van der Waals surface area contributed by atoms with Gasteiger partial charge in [-0.3, -0.25) is 0 Å². The van der Waals surface area contributed by atoms with Gasteiger partial charge in [-0.15, -0.1) is 0 Å². The summed E-state index contributed by atoms with van der Waals surface area (Å²) < 4.78 is 19.1. The highest BCUT2D eigenvalue weighted by Crippen LogP contribution is 1.43. The first kappa shape index (κ1) is 6.43. The van der Waals surface area contributed by atoms with Crippen LogP contribution in [0.25, 0.3) is 0 Å². The van der Waals surface area contributed by atoms with Crippen LogP contribution in [0.4, 0.5) is 0 Å². The van der Waals surface area contributed by atoms with E-state index in [0.717, 1.165) is 0 Å². The maximum absolute atomic E-state index is 9.56. The second kappa shape index (κ2) is 3.61. The number of hydrogen-bond acceptors (Lipinski definition) is 3. The zero-order chi connectivity index (χ0) is 5.70. The van der Waals surface area contributed by atoms with Crippen molar-refractivity contribution in [3.63, 3.8) is 0 Å². The van der Waals surface area contributed by atoms with Gasteiger partial charge < -0.3 is 5.73 Å². The van der Waals surface area contributed by atoms with E-state index in [1.807, 2.05) is 5.02 Å². The molecule has 0 amide bonds. The highest BCUT2D eigenvalue weighted by Gasteiger charge is 1.56. The minimum atomic E-state index is -2.20. The predicted molar refractivity (Wildman–Crippen MR) is 27.6 cm³/mol. The summed E-state index contributed by atoms with van der Waals surface area (Å²) in [6.45, 7) is 0.216. The molecule has 0 aliphatic heterocycles. The Labute approximate surface area is 43.0 Å². The Kier molecular flexibility index (Phi) is 3.32. The third-order valence-electron chi connectivity index (χ3n) is 0.297. The van der Waals surface area contributed by atoms with Crippen molar-refractivity contribution in [2.45, 2.75) is 0 Å². The SMILES string of the molecule is NCC=C=S(=O)=O. The largest absolute Gasteiger partial charge is 0.326 e. The maximum Gasteiger partial charge on any atom is 0.260 e. The van der Waals surface area contributed by atoms with Crippen molar-refractivity contribution >= 4 is 15.3 Å². The van der Waals surface area contributed by atoms with Gasteiger partial charge in [0.1, 0.15) is 0 Å². The Morgan fingerprint density at radius 3 is 2.43 bits per heavy atom. The molecule has 4 heteroatoms. The van der Waals surface area contributed by atoms with Gasteiger partial charge in [-0.1, -0.05) is 0 Å². The van der Waals surface area contributed by atoms with Crippen LogP contribution in [0.1, 0.15) is 0 Å². The molecule has 0 aliphatic rings. The van der Waals surface area contributed by atoms with E-state index >= 15 is 0 Å². The summed E-state index contributed by atoms with van der Waals surface area (Å²) >= 11 is 0. The Hall–Kier alpha value is -0.570. The Morgan fingerprint density at radius 1 is 1.71 bits per heavy atom. The van der Waals surface area contributed by atoms with E-state index < -0.39 is 10.3 Å². The van der Waals surface area contributed by atoms with Gasteiger partial charge in [0.25, 0.3) is 10.3 Å². The molecule has 0 bridgehead atoms. The fourth-order valence-corrected chi connectivity index (χ4v) is 0.348. The van der Waals surface area contributed by atoms with Crippen LogP contribution in [0.15, 0.2) is 6.08 Å². The summed E-state index contributed by atoms with van der Waals surface area (Å²) in [5, 5.41) is 1.96. The van der Waals surface area contributed by atoms with E-state index in [4.69, 9.17) is 5.73 Å². The second-order valence-electron chi connectivity index (χ2n) is 0.792. The van der Waals surface area contributed by atoms with Crippen LogP contribution in [0.5, 0.6) is 0 Å². The first-order valence-electron chi connectivity index (χ1n) is 1.64. The van der Waals surface area contributed by atoms with Gasteiger partial charge in [0.2, 0.25) is 0 Å². The van der Waals surface area contributed by atoms with Crippen LogP contribution in [0.2, 0.25) is 0 Å². The average Bonchev–Trinajstić information content (AvgIpc) is 1.61. The van der Waals surface area contributed by atoms with E-state index in [1.165, 1.54) is 6.08 Å². The molecule has 0 atom stereocenters. The molecule has 7 heavy (non-hydrogen) atoms. The number of nitrogens with two attached hydrogens (primary N) is 1. The summed E-state index contributed by atoms with van der Waals surface area (Å²) in [5.41, 5.74) is 4.89. The van der Waals surface area contributed by atoms with Crippen molar-refractivity contribution in [2.24, 2.45) is 5.73 Å². The summed E-state index contributed by atoms with van der Waals surface area (Å²) in [6.07, 6.45) is 1.24. The van der Waals surface area contributed by atoms with Gasteiger partial charge in [0, 0.05) is 11.6 Å². The minimum absolute atomic E-state index is 0.216. The highest BCUT2D eigenvalue weighted by molar-refractivity contribution is 7.70. The van der Waals surface area contributed by atoms with Gasteiger partial charge in [0.15, 0.2) is 0 Å². The molecule has 0 saturated heterocycles. The molecule has 0 radical (unpaired) electrons. The summed E-state index contributed by atoms with van der Waals surface area (Å²) in [7, 11) is -2.20. The van der Waals surface area contributed by atoms with Gasteiger partial charge in [-0.05, 0) is 6.08 Å². The van der Waals surface area contributed by atoms with Gasteiger partial charge in [-0.2, -0.15) is 8.42 Å². The van der Waals surface area contributed by atoms with E-state index in [9.17, 15) is 8.42 Å². The third kappa shape index (κ3) is 5.43. The molecule has 0 rings (SSSR count). The molecule has 0 fully saturated rings. The summed E-state index contributed by atoms with van der Waals surface area (Å²) in [5.74, 6) is 0. The van der Waals surface area contributed by atoms with E-state index in [1.54, 1.807) is 0 Å². The maximum atomic E-state index is 9.56. The zero-order valence-corrected chi connectivity index (χ0v) is 4.40. The minimum Gasteiger partial charge on any atom is -0.326 e. The topological polar surface area (TPSA) is 60.2 Å². The lowest BCUT2D eigenvalue weighted by atomic mass is 10.7. The molecule has 0 aliphatic carbocycles. The molecule has 3 nitrogen and oxygen atoms in total. The lowest BCUT2D eigenvalue weighted by Gasteiger charge is -1.61. The monoisotopic (exact) mass is 119 g/mol. The molecule has 0 aromatic rings. The van der Waals surface area contributed by atoms with Crippen LogP contribution in [0.3, 0.4) is 0 Å². The fourth-order valence-electron chi connectivity index (χ4n) is 0.116. The molecule has 0 saturated carbocycles. The number of hydrogen-bond donors (Lipinski definition) is 1. The van der Waals surface area contributed by atoms with Crippen molar-refractivity contribution in [1.29, 1.82) is 0 Å². The first-order chi connectivity index (χ1) is 3.27. The van der Waals surface area contributed by atoms with Crippen molar-refractivity contribution in [1.82, 2.24) is 0 Å². The molecule has 0 heterocycles. The van der Waals surface area contributed by atoms with Crippen LogP contribution in [-0.2, 0) is 10.3 Å². The molecule has 40 valence electrons. The predicted octanol–water partition coefficient (Wildman–Crippen LogP) is -1.22. The molecule has 0 unspecified atom stereocenters. The fraction of sp³-hybridized carbons (Fsp3) is 0.333. The van der Waals surface area contributed by atoms with E-state index in [-0.39, 0.29) is 6.54 Å². The summed E-state index contributed by atoms with van der Waals surface area (Å²) in [4.78, 5) is 0. The van der Waals surface area contributed by atoms with Crippen LogP contribution >= 0.6 is 0 Å². The molecular weight excluding hydrogens is 114 g/mol. The Balaban J connectivity index is 4.19. The molecule has 0 aromatic heterocycles. The van der Waals surface area contributed by atoms with Gasteiger partial charge in [0.05, 0.1) is 0 Å². The normalized spacial score (nSPS) is 7.00. The van der Waals surface area contributed by atoms with Crippen LogP contribution in [0, 0.1) is 0 Å². The van der Waals surface area contributed by atoms with Crippen molar-refractivity contribution in [3.05, 3.63) is 6.08 Å². The standard InChI is InChI=1S/C3H5NO2S/c4-2-1-3-7(5)6/h1H,2,4H2. The molecular formula is C3H5NO2S. The van der Waals surface area contributed by atoms with Gasteiger partial charge >= 0.3 is 0 Å². The Bertz CT molecular complexity index is 177. The van der Waals surface area contributed by atoms with Crippen LogP contribution < -0.4 is 5.73 Å². The molecule has 0 spiro atoms. The third-order valence-corrected chi connectivity index (χ3v) is 0.657. The smallest absolute Gasteiger partial charge is 0.260 e. The lowest BCUT2D eigenvalue weighted by molar-refractivity contribution is 0.627. The van der Waals surface area contributed by atoms with Gasteiger partial charge in [-0.25, -0.2) is 0 Å². The van der Waals surface area contributed by atoms with E-state index in [2.05, 4.69) is 0 Å². The van der Waals surface area contributed by atoms with Crippen molar-refractivity contribution in [3.8, 4) is 0 Å². The summed E-state index contributed by atoms with van der Waals surface area (Å²) in [6, 6.07) is 0. The van der Waals surface area contributed by atoms with Crippen molar-refractivity contribution < 1.29 is 8.42 Å². The highest BCUT2D eigenvalue weighted by atomic mass is 32.2. The Morgan fingerprint density at radius 2 is 2.29 bits per heavy atom. The van der Waals surface area contributed by atoms with E-state index in [0.29, 0.717) is 0 Å². The molecule has 2 N–H and O–H groups in total. The number of rotatable bonds is 1. The molecule has 0 aromatic carbocycles. The lowest BCUT2D eigenvalue weighted by Crippen LogP contribution is -1.92. The quantitative estimate of drug-likeness (QED) is 0.440. The zero-order valence-electron chi connectivity index (χ0n) is 3.59. The average molecular weight is 119 g/mol. The van der Waals surface area contributed by atoms with Crippen LogP contribution in [-0.4, -0.2) is 20.0 Å². The first-order valence-corrected chi connectivity index (χ1v) is 2.72. The second-order valence-corrected chi connectivity index (χ2v) is 1.50.